The minimum absolute atomic E-state index is 0.600. The number of hydrogen-bond acceptors (Lipinski definition) is 2. The molecule has 5 heteroatoms. The molecule has 3 aromatic rings. The molecule has 4 rings (SSSR count). The van der Waals surface area contributed by atoms with Crippen molar-refractivity contribution in [1.82, 2.24) is 9.38 Å². The Balaban J connectivity index is 1.81. The van der Waals surface area contributed by atoms with Crippen LogP contribution in [-0.4, -0.2) is 15.9 Å². The zero-order chi connectivity index (χ0) is 14.4. The van der Waals surface area contributed by atoms with E-state index >= 15 is 0 Å². The minimum Gasteiger partial charge on any atom is -0.365 e. The van der Waals surface area contributed by atoms with Gasteiger partial charge < -0.3 is 4.90 Å². The Morgan fingerprint density at radius 2 is 1.90 bits per heavy atom. The molecule has 0 spiro atoms. The maximum absolute atomic E-state index is 6.25. The fourth-order valence-electron chi connectivity index (χ4n) is 2.89. The van der Waals surface area contributed by atoms with E-state index in [1.165, 1.54) is 11.4 Å². The summed E-state index contributed by atoms with van der Waals surface area (Å²) in [6, 6.07) is 12.2. The van der Waals surface area contributed by atoms with Crippen LogP contribution in [-0.2, 0) is 13.0 Å². The molecule has 0 fully saturated rings. The molecule has 0 aliphatic carbocycles. The molecule has 0 saturated heterocycles. The highest BCUT2D eigenvalue weighted by Gasteiger charge is 2.22. The van der Waals surface area contributed by atoms with E-state index in [9.17, 15) is 0 Å². The Kier molecular flexibility index (Phi) is 3.05. The molecule has 3 heterocycles. The monoisotopic (exact) mass is 317 g/mol. The standard InChI is InChI=1S/C16H13Cl2N3/c17-11-8-13(18)16-19-14-6-7-20(10-15(14)21(16)9-11)12-4-2-1-3-5-12/h1-5,8-9H,6-7,10H2. The van der Waals surface area contributed by atoms with E-state index in [1.807, 2.05) is 16.7 Å². The van der Waals surface area contributed by atoms with Crippen LogP contribution in [0.15, 0.2) is 42.6 Å². The van der Waals surface area contributed by atoms with Crippen molar-refractivity contribution in [2.45, 2.75) is 13.0 Å². The minimum atomic E-state index is 0.600. The highest BCUT2D eigenvalue weighted by atomic mass is 35.5. The first-order valence-electron chi connectivity index (χ1n) is 6.87. The van der Waals surface area contributed by atoms with Gasteiger partial charge in [-0.2, -0.15) is 0 Å². The van der Waals surface area contributed by atoms with E-state index in [0.717, 1.165) is 30.9 Å². The molecule has 0 bridgehead atoms. The third-order valence-corrected chi connectivity index (χ3v) is 4.39. The first kappa shape index (κ1) is 13.0. The summed E-state index contributed by atoms with van der Waals surface area (Å²) in [6.45, 7) is 1.78. The van der Waals surface area contributed by atoms with Crippen LogP contribution in [0.25, 0.3) is 5.65 Å². The zero-order valence-corrected chi connectivity index (χ0v) is 12.8. The van der Waals surface area contributed by atoms with Crippen LogP contribution < -0.4 is 4.90 Å². The van der Waals surface area contributed by atoms with Crippen molar-refractivity contribution >= 4 is 34.5 Å². The van der Waals surface area contributed by atoms with Gasteiger partial charge in [0.15, 0.2) is 5.65 Å². The molecule has 1 aliphatic rings. The molecular weight excluding hydrogens is 305 g/mol. The maximum Gasteiger partial charge on any atom is 0.156 e. The van der Waals surface area contributed by atoms with Crippen LogP contribution in [0, 0.1) is 0 Å². The SMILES string of the molecule is Clc1cc(Cl)c2nc3c(n2c1)CN(c1ccccc1)CC3. The van der Waals surface area contributed by atoms with Crippen molar-refractivity contribution in [2.75, 3.05) is 11.4 Å². The van der Waals surface area contributed by atoms with E-state index in [0.29, 0.717) is 10.0 Å². The molecule has 0 unspecified atom stereocenters. The van der Waals surface area contributed by atoms with E-state index in [1.54, 1.807) is 6.07 Å². The lowest BCUT2D eigenvalue weighted by Crippen LogP contribution is -2.30. The van der Waals surface area contributed by atoms with Gasteiger partial charge in [-0.1, -0.05) is 41.4 Å². The van der Waals surface area contributed by atoms with Crippen molar-refractivity contribution in [1.29, 1.82) is 0 Å². The molecule has 21 heavy (non-hydrogen) atoms. The summed E-state index contributed by atoms with van der Waals surface area (Å²) in [5.74, 6) is 0. The van der Waals surface area contributed by atoms with Gasteiger partial charge in [-0.25, -0.2) is 4.98 Å². The van der Waals surface area contributed by atoms with Crippen molar-refractivity contribution in [2.24, 2.45) is 0 Å². The molecule has 1 aromatic carbocycles. The number of benzene rings is 1. The van der Waals surface area contributed by atoms with Crippen LogP contribution in [0.2, 0.25) is 10.0 Å². The highest BCUT2D eigenvalue weighted by molar-refractivity contribution is 6.36. The first-order chi connectivity index (χ1) is 10.2. The van der Waals surface area contributed by atoms with Crippen LogP contribution in [0.4, 0.5) is 5.69 Å². The van der Waals surface area contributed by atoms with Crippen LogP contribution in [0.1, 0.15) is 11.4 Å². The number of halogens is 2. The van der Waals surface area contributed by atoms with Gasteiger partial charge in [0.1, 0.15) is 0 Å². The molecule has 2 aromatic heterocycles. The number of hydrogen-bond donors (Lipinski definition) is 0. The topological polar surface area (TPSA) is 20.5 Å². The van der Waals surface area contributed by atoms with Gasteiger partial charge in [-0.05, 0) is 18.2 Å². The van der Waals surface area contributed by atoms with Gasteiger partial charge >= 0.3 is 0 Å². The lowest BCUT2D eigenvalue weighted by atomic mass is 10.1. The number of para-hydroxylation sites is 1. The molecule has 1 aliphatic heterocycles. The number of nitrogens with zero attached hydrogens (tertiary/aromatic N) is 3. The summed E-state index contributed by atoms with van der Waals surface area (Å²) in [4.78, 5) is 7.02. The summed E-state index contributed by atoms with van der Waals surface area (Å²) in [5.41, 5.74) is 4.31. The van der Waals surface area contributed by atoms with Gasteiger partial charge in [-0.15, -0.1) is 0 Å². The Morgan fingerprint density at radius 3 is 2.71 bits per heavy atom. The number of imidazole rings is 1. The quantitative estimate of drug-likeness (QED) is 0.670. The predicted octanol–water partition coefficient (Wildman–Crippen LogP) is 4.20. The molecule has 0 amide bonds. The number of anilines is 1. The smallest absolute Gasteiger partial charge is 0.156 e. The largest absolute Gasteiger partial charge is 0.365 e. The van der Waals surface area contributed by atoms with E-state index < -0.39 is 0 Å². The van der Waals surface area contributed by atoms with Crippen molar-refractivity contribution in [3.63, 3.8) is 0 Å². The van der Waals surface area contributed by atoms with E-state index in [-0.39, 0.29) is 0 Å². The van der Waals surface area contributed by atoms with Crippen molar-refractivity contribution < 1.29 is 0 Å². The second-order valence-electron chi connectivity index (χ2n) is 5.21. The van der Waals surface area contributed by atoms with Crippen LogP contribution in [0.5, 0.6) is 0 Å². The van der Waals surface area contributed by atoms with Crippen LogP contribution in [0.3, 0.4) is 0 Å². The number of fused-ring (bicyclic) bond motifs is 3. The lowest BCUT2D eigenvalue weighted by molar-refractivity contribution is 0.702. The van der Waals surface area contributed by atoms with Crippen LogP contribution >= 0.6 is 23.2 Å². The zero-order valence-electron chi connectivity index (χ0n) is 11.3. The third-order valence-electron chi connectivity index (χ3n) is 3.90. The first-order valence-corrected chi connectivity index (χ1v) is 7.63. The Hall–Kier alpha value is -1.71. The lowest BCUT2D eigenvalue weighted by Gasteiger charge is -2.28. The summed E-state index contributed by atoms with van der Waals surface area (Å²) in [5, 5.41) is 1.23. The van der Waals surface area contributed by atoms with Gasteiger partial charge in [0.25, 0.3) is 0 Å². The van der Waals surface area contributed by atoms with Crippen molar-refractivity contribution in [3.05, 3.63) is 64.0 Å². The summed E-state index contributed by atoms with van der Waals surface area (Å²) in [7, 11) is 0. The summed E-state index contributed by atoms with van der Waals surface area (Å²) >= 11 is 12.4. The molecule has 3 nitrogen and oxygen atoms in total. The summed E-state index contributed by atoms with van der Waals surface area (Å²) in [6.07, 6.45) is 2.81. The molecule has 0 atom stereocenters. The van der Waals surface area contributed by atoms with Gasteiger partial charge in [0, 0.05) is 24.8 Å². The van der Waals surface area contributed by atoms with Gasteiger partial charge in [0.2, 0.25) is 0 Å². The molecule has 0 radical (unpaired) electrons. The van der Waals surface area contributed by atoms with E-state index in [2.05, 4.69) is 34.1 Å². The number of pyridine rings is 1. The fourth-order valence-corrected chi connectivity index (χ4v) is 3.41. The Labute approximate surface area is 132 Å². The third kappa shape index (κ3) is 2.17. The fraction of sp³-hybridized carbons (Fsp3) is 0.188. The Morgan fingerprint density at radius 1 is 1.10 bits per heavy atom. The second-order valence-corrected chi connectivity index (χ2v) is 6.06. The molecular formula is C16H13Cl2N3. The summed E-state index contributed by atoms with van der Waals surface area (Å²) < 4.78 is 2.02. The number of aromatic nitrogens is 2. The predicted molar refractivity (Wildman–Crippen MR) is 86.4 cm³/mol. The molecule has 0 saturated carbocycles. The average molecular weight is 318 g/mol. The van der Waals surface area contributed by atoms with Gasteiger partial charge in [0.05, 0.1) is 28.0 Å². The highest BCUT2D eigenvalue weighted by Crippen LogP contribution is 2.29. The van der Waals surface area contributed by atoms with E-state index in [4.69, 9.17) is 23.2 Å². The molecule has 0 N–H and O–H groups in total. The molecule has 106 valence electrons. The van der Waals surface area contributed by atoms with Gasteiger partial charge in [-0.3, -0.25) is 4.40 Å². The maximum atomic E-state index is 6.25. The average Bonchev–Trinajstić information content (AvgIpc) is 2.86. The number of rotatable bonds is 1. The van der Waals surface area contributed by atoms with Crippen molar-refractivity contribution in [3.8, 4) is 0 Å². The second kappa shape index (κ2) is 4.93. The normalized spacial score (nSPS) is 14.5. The Bertz CT molecular complexity index is 811.